The molecule has 26 heavy (non-hydrogen) atoms. The molecule has 0 amide bonds. The summed E-state index contributed by atoms with van der Waals surface area (Å²) < 4.78 is 12.1. The third-order valence-electron chi connectivity index (χ3n) is 4.04. The number of rotatable bonds is 8. The topological polar surface area (TPSA) is 44.5 Å². The first kappa shape index (κ1) is 18.0. The molecule has 0 aromatic heterocycles. The number of nitrogens with two attached hydrogens (primary N) is 1. The molecule has 2 N–H and O–H groups in total. The maximum absolute atomic E-state index is 6.07. The number of hydrogen-bond acceptors (Lipinski definition) is 3. The van der Waals surface area contributed by atoms with Gasteiger partial charge in [0.25, 0.3) is 0 Å². The van der Waals surface area contributed by atoms with Gasteiger partial charge in [-0.05, 0) is 42.2 Å². The highest BCUT2D eigenvalue weighted by atomic mass is 16.5. The van der Waals surface area contributed by atoms with Gasteiger partial charge in [0.2, 0.25) is 0 Å². The van der Waals surface area contributed by atoms with Crippen molar-refractivity contribution < 1.29 is 9.47 Å². The highest BCUT2D eigenvalue weighted by molar-refractivity contribution is 5.43. The largest absolute Gasteiger partial charge is 0.485 e. The van der Waals surface area contributed by atoms with Gasteiger partial charge in [-0.25, -0.2) is 0 Å². The second kappa shape index (κ2) is 9.07. The summed E-state index contributed by atoms with van der Waals surface area (Å²) in [7, 11) is 0. The molecule has 0 saturated carbocycles. The van der Waals surface area contributed by atoms with Crippen LogP contribution in [0.25, 0.3) is 0 Å². The lowest BCUT2D eigenvalue weighted by Gasteiger charge is -2.15. The predicted molar refractivity (Wildman–Crippen MR) is 105 cm³/mol. The minimum absolute atomic E-state index is 0.105. The fourth-order valence-electron chi connectivity index (χ4n) is 2.75. The van der Waals surface area contributed by atoms with E-state index in [0.717, 1.165) is 34.6 Å². The lowest BCUT2D eigenvalue weighted by atomic mass is 10.1. The number of benzene rings is 3. The van der Waals surface area contributed by atoms with Crippen LogP contribution in [-0.4, -0.2) is 6.04 Å². The van der Waals surface area contributed by atoms with E-state index in [1.807, 2.05) is 55.5 Å². The van der Waals surface area contributed by atoms with Gasteiger partial charge in [-0.1, -0.05) is 66.7 Å². The van der Waals surface area contributed by atoms with Gasteiger partial charge in [-0.2, -0.15) is 0 Å². The molecule has 0 aliphatic rings. The van der Waals surface area contributed by atoms with E-state index in [1.54, 1.807) is 0 Å². The van der Waals surface area contributed by atoms with Crippen molar-refractivity contribution in [2.45, 2.75) is 32.6 Å². The maximum Gasteiger partial charge on any atom is 0.161 e. The number of ether oxygens (including phenoxy) is 2. The van der Waals surface area contributed by atoms with E-state index < -0.39 is 0 Å². The van der Waals surface area contributed by atoms with Crippen LogP contribution in [0, 0.1) is 0 Å². The molecule has 0 radical (unpaired) electrons. The van der Waals surface area contributed by atoms with Gasteiger partial charge in [-0.3, -0.25) is 0 Å². The SMILES string of the molecule is CC(N)Cc1ccc(OCc2ccccc2)c(OCc2ccccc2)c1. The molecule has 3 rings (SSSR count). The van der Waals surface area contributed by atoms with Crippen molar-refractivity contribution in [2.24, 2.45) is 5.73 Å². The Morgan fingerprint density at radius 1 is 0.692 bits per heavy atom. The standard InChI is InChI=1S/C23H25NO2/c1-18(24)14-21-12-13-22(25-16-19-8-4-2-5-9-19)23(15-21)26-17-20-10-6-3-7-11-20/h2-13,15,18H,14,16-17,24H2,1H3. The van der Waals surface area contributed by atoms with E-state index >= 15 is 0 Å². The van der Waals surface area contributed by atoms with Gasteiger partial charge in [0.1, 0.15) is 13.2 Å². The fraction of sp³-hybridized carbons (Fsp3) is 0.217. The van der Waals surface area contributed by atoms with Crippen LogP contribution < -0.4 is 15.2 Å². The molecule has 0 aliphatic carbocycles. The second-order valence-electron chi connectivity index (χ2n) is 6.51. The van der Waals surface area contributed by atoms with Crippen LogP contribution >= 0.6 is 0 Å². The van der Waals surface area contributed by atoms with Crippen LogP contribution in [0.2, 0.25) is 0 Å². The van der Waals surface area contributed by atoms with Crippen LogP contribution in [0.3, 0.4) is 0 Å². The Morgan fingerprint density at radius 3 is 1.77 bits per heavy atom. The smallest absolute Gasteiger partial charge is 0.161 e. The normalized spacial score (nSPS) is 11.8. The molecule has 1 unspecified atom stereocenters. The van der Waals surface area contributed by atoms with E-state index in [4.69, 9.17) is 15.2 Å². The average molecular weight is 347 g/mol. The van der Waals surface area contributed by atoms with Crippen molar-refractivity contribution in [1.82, 2.24) is 0 Å². The molecule has 0 aliphatic heterocycles. The van der Waals surface area contributed by atoms with Gasteiger partial charge >= 0.3 is 0 Å². The summed E-state index contributed by atoms with van der Waals surface area (Å²) in [6, 6.07) is 26.4. The molecule has 1 atom stereocenters. The Kier molecular flexibility index (Phi) is 6.29. The van der Waals surface area contributed by atoms with Gasteiger partial charge < -0.3 is 15.2 Å². The van der Waals surface area contributed by atoms with Gasteiger partial charge in [0, 0.05) is 6.04 Å². The highest BCUT2D eigenvalue weighted by Crippen LogP contribution is 2.30. The van der Waals surface area contributed by atoms with Crippen molar-refractivity contribution in [3.8, 4) is 11.5 Å². The molecule has 3 aromatic carbocycles. The van der Waals surface area contributed by atoms with Crippen molar-refractivity contribution in [3.05, 3.63) is 95.6 Å². The lowest BCUT2D eigenvalue weighted by molar-refractivity contribution is 0.255. The third kappa shape index (κ3) is 5.36. The van der Waals surface area contributed by atoms with Gasteiger partial charge in [0.05, 0.1) is 0 Å². The minimum Gasteiger partial charge on any atom is -0.485 e. The zero-order valence-corrected chi connectivity index (χ0v) is 15.1. The third-order valence-corrected chi connectivity index (χ3v) is 4.04. The molecule has 0 saturated heterocycles. The zero-order valence-electron chi connectivity index (χ0n) is 15.1. The van der Waals surface area contributed by atoms with Crippen molar-refractivity contribution in [1.29, 1.82) is 0 Å². The predicted octanol–water partition coefficient (Wildman–Crippen LogP) is 4.73. The molecule has 3 heteroatoms. The van der Waals surface area contributed by atoms with Crippen molar-refractivity contribution in [2.75, 3.05) is 0 Å². The van der Waals surface area contributed by atoms with Crippen molar-refractivity contribution in [3.63, 3.8) is 0 Å². The monoisotopic (exact) mass is 347 g/mol. The molecule has 3 nitrogen and oxygen atoms in total. The van der Waals surface area contributed by atoms with Gasteiger partial charge in [0.15, 0.2) is 11.5 Å². The zero-order chi connectivity index (χ0) is 18.2. The molecule has 0 spiro atoms. The second-order valence-corrected chi connectivity index (χ2v) is 6.51. The summed E-state index contributed by atoms with van der Waals surface area (Å²) in [6.07, 6.45) is 0.806. The van der Waals surface area contributed by atoms with E-state index in [1.165, 1.54) is 0 Å². The first-order valence-corrected chi connectivity index (χ1v) is 8.92. The first-order chi connectivity index (χ1) is 12.7. The lowest BCUT2D eigenvalue weighted by Crippen LogP contribution is -2.17. The van der Waals surface area contributed by atoms with Crippen LogP contribution in [-0.2, 0) is 19.6 Å². The van der Waals surface area contributed by atoms with E-state index in [0.29, 0.717) is 13.2 Å². The molecule has 134 valence electrons. The quantitative estimate of drug-likeness (QED) is 0.640. The summed E-state index contributed by atoms with van der Waals surface area (Å²) in [5.74, 6) is 1.50. The Labute approximate surface area is 155 Å². The molecule has 0 fully saturated rings. The van der Waals surface area contributed by atoms with E-state index in [2.05, 4.69) is 30.3 Å². The van der Waals surface area contributed by atoms with E-state index in [9.17, 15) is 0 Å². The van der Waals surface area contributed by atoms with Crippen molar-refractivity contribution >= 4 is 0 Å². The summed E-state index contributed by atoms with van der Waals surface area (Å²) in [6.45, 7) is 3.02. The van der Waals surface area contributed by atoms with Gasteiger partial charge in [-0.15, -0.1) is 0 Å². The maximum atomic E-state index is 6.07. The molecular weight excluding hydrogens is 322 g/mol. The molecular formula is C23H25NO2. The Bertz CT molecular complexity index is 801. The first-order valence-electron chi connectivity index (χ1n) is 8.92. The Balaban J connectivity index is 1.75. The summed E-state index contributed by atoms with van der Waals surface area (Å²) in [4.78, 5) is 0. The minimum atomic E-state index is 0.105. The average Bonchev–Trinajstić information content (AvgIpc) is 2.67. The van der Waals surface area contributed by atoms with Crippen LogP contribution in [0.1, 0.15) is 23.6 Å². The summed E-state index contributed by atoms with van der Waals surface area (Å²) in [5, 5.41) is 0. The van der Waals surface area contributed by atoms with Crippen LogP contribution in [0.4, 0.5) is 0 Å². The Morgan fingerprint density at radius 2 is 1.23 bits per heavy atom. The summed E-state index contributed by atoms with van der Waals surface area (Å²) in [5.41, 5.74) is 9.34. The number of hydrogen-bond donors (Lipinski definition) is 1. The molecule has 3 aromatic rings. The van der Waals surface area contributed by atoms with E-state index in [-0.39, 0.29) is 6.04 Å². The molecule has 0 heterocycles. The fourth-order valence-corrected chi connectivity index (χ4v) is 2.75. The highest BCUT2D eigenvalue weighted by Gasteiger charge is 2.09. The van der Waals surface area contributed by atoms with Crippen LogP contribution in [0.15, 0.2) is 78.9 Å². The Hall–Kier alpha value is -2.78. The van der Waals surface area contributed by atoms with Crippen LogP contribution in [0.5, 0.6) is 11.5 Å². The summed E-state index contributed by atoms with van der Waals surface area (Å²) >= 11 is 0. The molecule has 0 bridgehead atoms.